The van der Waals surface area contributed by atoms with E-state index in [0.717, 1.165) is 6.26 Å². The minimum absolute atomic E-state index is 0.0139. The number of carbonyl (C=O) groups is 1. The number of carboxylic acid groups (broad SMARTS) is 1. The van der Waals surface area contributed by atoms with Crippen LogP contribution in [-0.2, 0) is 0 Å². The van der Waals surface area contributed by atoms with E-state index in [2.05, 4.69) is 14.4 Å². The fourth-order valence-corrected chi connectivity index (χ4v) is 0.589. The molecule has 0 bridgehead atoms. The Labute approximate surface area is 60.7 Å². The Morgan fingerprint density at radius 2 is 2.55 bits per heavy atom. The fourth-order valence-electron chi connectivity index (χ4n) is 0.589. The van der Waals surface area contributed by atoms with Gasteiger partial charge in [0.05, 0.1) is 12.0 Å². The summed E-state index contributed by atoms with van der Waals surface area (Å²) in [5.74, 6) is -1.60. The zero-order chi connectivity index (χ0) is 8.27. The molecule has 6 nitrogen and oxygen atoms in total. The molecule has 0 aromatic carbocycles. The number of azide groups is 1. The van der Waals surface area contributed by atoms with Crippen LogP contribution >= 0.6 is 0 Å². The highest BCUT2D eigenvalue weighted by atomic mass is 16.4. The molecule has 0 spiro atoms. The summed E-state index contributed by atoms with van der Waals surface area (Å²) in [6.45, 7) is 0. The largest absolute Gasteiger partial charge is 0.475 e. The van der Waals surface area contributed by atoms with Gasteiger partial charge < -0.3 is 9.52 Å². The first-order valence-electron chi connectivity index (χ1n) is 2.61. The maximum atomic E-state index is 10.3. The number of carboxylic acids is 1. The lowest BCUT2D eigenvalue weighted by Gasteiger charge is -1.85. The van der Waals surface area contributed by atoms with Gasteiger partial charge in [0.15, 0.2) is 0 Å². The molecule has 0 amide bonds. The van der Waals surface area contributed by atoms with Crippen LogP contribution in [0, 0.1) is 0 Å². The van der Waals surface area contributed by atoms with Crippen LogP contribution in [0.15, 0.2) is 21.9 Å². The predicted molar refractivity (Wildman–Crippen MR) is 34.5 cm³/mol. The minimum atomic E-state index is -1.25. The summed E-state index contributed by atoms with van der Waals surface area (Å²) in [7, 11) is 0. The number of rotatable bonds is 2. The Bertz CT molecular complexity index is 307. The Morgan fingerprint density at radius 1 is 1.82 bits per heavy atom. The van der Waals surface area contributed by atoms with Crippen molar-refractivity contribution < 1.29 is 14.3 Å². The van der Waals surface area contributed by atoms with E-state index >= 15 is 0 Å². The Kier molecular flexibility index (Phi) is 1.80. The van der Waals surface area contributed by atoms with Crippen LogP contribution in [0.5, 0.6) is 0 Å². The van der Waals surface area contributed by atoms with Crippen LogP contribution in [-0.4, -0.2) is 11.1 Å². The second-order valence-electron chi connectivity index (χ2n) is 1.63. The van der Waals surface area contributed by atoms with Gasteiger partial charge in [0.2, 0.25) is 5.76 Å². The molecule has 1 aromatic rings. The van der Waals surface area contributed by atoms with Gasteiger partial charge in [-0.25, -0.2) is 4.79 Å². The van der Waals surface area contributed by atoms with Crippen molar-refractivity contribution in [3.8, 4) is 0 Å². The molecular formula is C5H3N3O3. The summed E-state index contributed by atoms with van der Waals surface area (Å²) in [5.41, 5.74) is 7.95. The molecule has 1 N–H and O–H groups in total. The Balaban J connectivity index is 3.15. The quantitative estimate of drug-likeness (QED) is 0.399. The fraction of sp³-hybridized carbons (Fsp3) is 0. The van der Waals surface area contributed by atoms with Gasteiger partial charge in [0, 0.05) is 4.91 Å². The molecule has 0 fully saturated rings. The Hall–Kier alpha value is -1.94. The van der Waals surface area contributed by atoms with Crippen LogP contribution in [0.3, 0.4) is 0 Å². The summed E-state index contributed by atoms with van der Waals surface area (Å²) in [6.07, 6.45) is 1.15. The highest BCUT2D eigenvalue weighted by molar-refractivity contribution is 5.89. The van der Waals surface area contributed by atoms with E-state index in [-0.39, 0.29) is 11.4 Å². The molecule has 0 radical (unpaired) electrons. The molecule has 0 aliphatic carbocycles. The van der Waals surface area contributed by atoms with Crippen molar-refractivity contribution >= 4 is 11.7 Å². The lowest BCUT2D eigenvalue weighted by atomic mass is 10.4. The molecule has 0 aliphatic heterocycles. The summed E-state index contributed by atoms with van der Waals surface area (Å²) >= 11 is 0. The van der Waals surface area contributed by atoms with Crippen molar-refractivity contribution in [2.75, 3.05) is 0 Å². The van der Waals surface area contributed by atoms with Gasteiger partial charge in [-0.15, -0.1) is 0 Å². The van der Waals surface area contributed by atoms with E-state index in [4.69, 9.17) is 10.6 Å². The second kappa shape index (κ2) is 2.76. The van der Waals surface area contributed by atoms with Crippen molar-refractivity contribution in [2.24, 2.45) is 5.11 Å². The lowest BCUT2D eigenvalue weighted by Crippen LogP contribution is -1.92. The number of hydrogen-bond donors (Lipinski definition) is 1. The molecule has 0 aliphatic rings. The molecule has 0 atom stereocenters. The van der Waals surface area contributed by atoms with Gasteiger partial charge in [-0.2, -0.15) is 0 Å². The van der Waals surface area contributed by atoms with E-state index in [1.807, 2.05) is 0 Å². The van der Waals surface area contributed by atoms with Gasteiger partial charge in [0.25, 0.3) is 0 Å². The molecule has 0 saturated heterocycles. The molecule has 1 heterocycles. The second-order valence-corrected chi connectivity index (χ2v) is 1.63. The molecule has 0 saturated carbocycles. The third-order valence-corrected chi connectivity index (χ3v) is 0.991. The van der Waals surface area contributed by atoms with Crippen LogP contribution in [0.4, 0.5) is 5.69 Å². The topological polar surface area (TPSA) is 99.2 Å². The lowest BCUT2D eigenvalue weighted by molar-refractivity contribution is 0.0663. The number of nitrogens with zero attached hydrogens (tertiary/aromatic N) is 3. The smallest absolute Gasteiger partial charge is 0.372 e. The molecule has 6 heteroatoms. The van der Waals surface area contributed by atoms with Crippen molar-refractivity contribution in [2.45, 2.75) is 0 Å². The van der Waals surface area contributed by atoms with Crippen LogP contribution in [0.1, 0.15) is 10.6 Å². The van der Waals surface area contributed by atoms with Crippen molar-refractivity contribution in [1.82, 2.24) is 0 Å². The number of aromatic carboxylic acids is 1. The average Bonchev–Trinajstić information content (AvgIpc) is 2.36. The van der Waals surface area contributed by atoms with Gasteiger partial charge in [0.1, 0.15) is 0 Å². The van der Waals surface area contributed by atoms with Gasteiger partial charge >= 0.3 is 5.97 Å². The molecule has 1 rings (SSSR count). The Morgan fingerprint density at radius 3 is 3.09 bits per heavy atom. The SMILES string of the molecule is [N-]=[N+]=Nc1ccoc1C(=O)O. The van der Waals surface area contributed by atoms with Crippen molar-refractivity contribution in [3.63, 3.8) is 0 Å². The highest BCUT2D eigenvalue weighted by Gasteiger charge is 2.11. The maximum Gasteiger partial charge on any atom is 0.372 e. The summed E-state index contributed by atoms with van der Waals surface area (Å²) in [6, 6.07) is 1.28. The summed E-state index contributed by atoms with van der Waals surface area (Å²) in [5, 5.41) is 11.5. The highest BCUT2D eigenvalue weighted by Crippen LogP contribution is 2.19. The first-order valence-corrected chi connectivity index (χ1v) is 2.61. The normalized spacial score (nSPS) is 8.73. The van der Waals surface area contributed by atoms with Crippen LogP contribution < -0.4 is 0 Å². The number of hydrogen-bond acceptors (Lipinski definition) is 3. The van der Waals surface area contributed by atoms with Crippen molar-refractivity contribution in [1.29, 1.82) is 0 Å². The first-order chi connectivity index (χ1) is 5.25. The third-order valence-electron chi connectivity index (χ3n) is 0.991. The zero-order valence-corrected chi connectivity index (χ0v) is 5.26. The van der Waals surface area contributed by atoms with E-state index in [1.54, 1.807) is 0 Å². The third kappa shape index (κ3) is 1.31. The van der Waals surface area contributed by atoms with Gasteiger partial charge in [-0.3, -0.25) is 0 Å². The standard InChI is InChI=1S/C5H3N3O3/c6-8-7-3-1-2-11-4(3)5(9)10/h1-2H,(H,9,10). The summed E-state index contributed by atoms with van der Waals surface area (Å²) in [4.78, 5) is 12.7. The van der Waals surface area contributed by atoms with Gasteiger partial charge in [-0.05, 0) is 11.6 Å². The zero-order valence-electron chi connectivity index (χ0n) is 5.26. The molecule has 56 valence electrons. The molecule has 11 heavy (non-hydrogen) atoms. The monoisotopic (exact) mass is 153 g/mol. The van der Waals surface area contributed by atoms with Crippen molar-refractivity contribution in [3.05, 3.63) is 28.5 Å². The predicted octanol–water partition coefficient (Wildman–Crippen LogP) is 1.92. The molecular weight excluding hydrogens is 150 g/mol. The van der Waals surface area contributed by atoms with Crippen LogP contribution in [0.2, 0.25) is 0 Å². The van der Waals surface area contributed by atoms with E-state index in [0.29, 0.717) is 0 Å². The van der Waals surface area contributed by atoms with Crippen LogP contribution in [0.25, 0.3) is 10.4 Å². The first kappa shape index (κ1) is 7.17. The molecule has 0 unspecified atom stereocenters. The number of furan rings is 1. The van der Waals surface area contributed by atoms with Gasteiger partial charge in [-0.1, -0.05) is 5.11 Å². The summed E-state index contributed by atoms with van der Waals surface area (Å²) < 4.78 is 4.51. The molecule has 1 aromatic heterocycles. The van der Waals surface area contributed by atoms with E-state index < -0.39 is 5.97 Å². The van der Waals surface area contributed by atoms with E-state index in [9.17, 15) is 4.79 Å². The average molecular weight is 153 g/mol. The maximum absolute atomic E-state index is 10.3. The minimum Gasteiger partial charge on any atom is -0.475 e. The van der Waals surface area contributed by atoms with E-state index in [1.165, 1.54) is 6.07 Å².